The number of rotatable bonds is 13. The van der Waals surface area contributed by atoms with Crippen molar-refractivity contribution in [3.05, 3.63) is 55.1 Å². The Hall–Kier alpha value is -4.33. The molecule has 0 aliphatic carbocycles. The highest BCUT2D eigenvalue weighted by Gasteiger charge is 2.32. The van der Waals surface area contributed by atoms with Crippen LogP contribution in [0.15, 0.2) is 55.1 Å². The zero-order valence-electron chi connectivity index (χ0n) is 22.9. The van der Waals surface area contributed by atoms with Gasteiger partial charge in [0.1, 0.15) is 30.0 Å². The van der Waals surface area contributed by atoms with Gasteiger partial charge in [-0.05, 0) is 39.8 Å². The molecule has 3 rings (SSSR count). The van der Waals surface area contributed by atoms with E-state index in [-0.39, 0.29) is 18.6 Å². The van der Waals surface area contributed by atoms with Crippen LogP contribution in [0.4, 0.5) is 5.82 Å². The number of ether oxygens (including phenoxy) is 2. The van der Waals surface area contributed by atoms with Gasteiger partial charge in [0.25, 0.3) is 0 Å². The second kappa shape index (κ2) is 15.5. The molecule has 0 aliphatic rings. The number of nitrogens with two attached hydrogens (primary N) is 1. The van der Waals surface area contributed by atoms with Crippen LogP contribution in [0.1, 0.15) is 27.7 Å². The second-order valence-corrected chi connectivity index (χ2v) is 10.9. The fraction of sp³-hybridized carbons (Fsp3) is 0.360. The van der Waals surface area contributed by atoms with Crippen LogP contribution in [-0.4, -0.2) is 72.2 Å². The van der Waals surface area contributed by atoms with Crippen molar-refractivity contribution in [1.29, 1.82) is 0 Å². The number of esters is 1. The number of nitrogens with one attached hydrogen (secondary N) is 1. The number of carbonyl (C=O) groups excluding carboxylic acids is 1. The first-order valence-electron chi connectivity index (χ1n) is 12.3. The number of aromatic nitrogens is 4. The highest BCUT2D eigenvalue weighted by Crippen LogP contribution is 2.44. The lowest BCUT2D eigenvalue weighted by Crippen LogP contribution is -2.37. The maximum absolute atomic E-state index is 13.6. The Morgan fingerprint density at radius 3 is 2.27 bits per heavy atom. The van der Waals surface area contributed by atoms with Crippen molar-refractivity contribution in [2.75, 3.05) is 12.1 Å². The Balaban J connectivity index is 0.000000642. The van der Waals surface area contributed by atoms with E-state index in [9.17, 15) is 18.9 Å². The smallest absolute Gasteiger partial charge is 0.342 e. The van der Waals surface area contributed by atoms with Gasteiger partial charge in [-0.25, -0.2) is 29.6 Å². The predicted octanol–water partition coefficient (Wildman–Crippen LogP) is 2.68. The largest absolute Gasteiger partial charge is 0.478 e. The molecule has 5 N–H and O–H groups in total. The minimum Gasteiger partial charge on any atom is -0.478 e. The zero-order chi connectivity index (χ0) is 30.6. The van der Waals surface area contributed by atoms with E-state index in [1.54, 1.807) is 55.9 Å². The SMILES string of the molecule is CC(C)OC(=O)C(C)NP(=O)(COC(C)Cn1cnc2c(N)ncnc21)Oc1ccccc1.O=C(O)C=CC(=O)O. The van der Waals surface area contributed by atoms with Crippen molar-refractivity contribution >= 4 is 42.4 Å². The summed E-state index contributed by atoms with van der Waals surface area (Å²) >= 11 is 0. The quantitative estimate of drug-likeness (QED) is 0.127. The number of nitrogens with zero attached hydrogens (tertiary/aromatic N) is 4. The molecule has 222 valence electrons. The summed E-state index contributed by atoms with van der Waals surface area (Å²) in [7, 11) is -3.64. The van der Waals surface area contributed by atoms with Crippen molar-refractivity contribution in [2.45, 2.75) is 52.5 Å². The minimum absolute atomic E-state index is 0.272. The third-order valence-corrected chi connectivity index (χ3v) is 6.65. The monoisotopic (exact) mass is 592 g/mol. The molecule has 41 heavy (non-hydrogen) atoms. The van der Waals surface area contributed by atoms with Crippen molar-refractivity contribution in [3.63, 3.8) is 0 Å². The van der Waals surface area contributed by atoms with E-state index >= 15 is 0 Å². The number of anilines is 1. The number of hydrogen-bond acceptors (Lipinski definition) is 11. The summed E-state index contributed by atoms with van der Waals surface area (Å²) in [6.07, 6.45) is 3.13. The lowest BCUT2D eigenvalue weighted by molar-refractivity contribution is -0.149. The molecule has 1 aromatic carbocycles. The van der Waals surface area contributed by atoms with E-state index in [4.69, 9.17) is 29.9 Å². The Bertz CT molecular complexity index is 1380. The highest BCUT2D eigenvalue weighted by molar-refractivity contribution is 7.57. The molecule has 0 aliphatic heterocycles. The van der Waals surface area contributed by atoms with Gasteiger partial charge < -0.3 is 34.5 Å². The van der Waals surface area contributed by atoms with Crippen molar-refractivity contribution < 1.29 is 43.2 Å². The molecule has 0 spiro atoms. The molecule has 0 bridgehead atoms. The van der Waals surface area contributed by atoms with Crippen LogP contribution in [0.2, 0.25) is 0 Å². The molecule has 16 heteroatoms. The molecular formula is C25H33N6O9P. The second-order valence-electron chi connectivity index (χ2n) is 8.86. The van der Waals surface area contributed by atoms with E-state index in [2.05, 4.69) is 20.0 Å². The summed E-state index contributed by atoms with van der Waals surface area (Å²) in [4.78, 5) is 43.7. The van der Waals surface area contributed by atoms with Crippen LogP contribution in [0.3, 0.4) is 0 Å². The fourth-order valence-electron chi connectivity index (χ4n) is 3.15. The summed E-state index contributed by atoms with van der Waals surface area (Å²) in [5, 5.41) is 18.4. The normalized spacial score (nSPS) is 14.1. The number of benzene rings is 1. The first-order valence-corrected chi connectivity index (χ1v) is 14.1. The van der Waals surface area contributed by atoms with Gasteiger partial charge in [-0.15, -0.1) is 0 Å². The van der Waals surface area contributed by atoms with Crippen LogP contribution in [-0.2, 0) is 35.0 Å². The molecule has 3 aromatic rings. The van der Waals surface area contributed by atoms with Crippen molar-refractivity contribution in [1.82, 2.24) is 24.6 Å². The summed E-state index contributed by atoms with van der Waals surface area (Å²) in [5.74, 6) is -2.36. The number of hydrogen-bond donors (Lipinski definition) is 4. The van der Waals surface area contributed by atoms with E-state index in [1.807, 2.05) is 13.0 Å². The van der Waals surface area contributed by atoms with Gasteiger partial charge in [0.2, 0.25) is 0 Å². The lowest BCUT2D eigenvalue weighted by Gasteiger charge is -2.25. The van der Waals surface area contributed by atoms with Gasteiger partial charge in [-0.3, -0.25) is 9.36 Å². The number of fused-ring (bicyclic) bond motifs is 1. The van der Waals surface area contributed by atoms with Gasteiger partial charge in [-0.2, -0.15) is 0 Å². The van der Waals surface area contributed by atoms with E-state index in [1.165, 1.54) is 6.33 Å². The number of nitrogen functional groups attached to an aromatic ring is 1. The molecule has 0 fully saturated rings. The van der Waals surface area contributed by atoms with Crippen molar-refractivity contribution in [2.24, 2.45) is 0 Å². The van der Waals surface area contributed by atoms with Gasteiger partial charge >= 0.3 is 25.4 Å². The molecule has 2 heterocycles. The first-order chi connectivity index (χ1) is 19.3. The van der Waals surface area contributed by atoms with E-state index in [0.29, 0.717) is 41.4 Å². The number of carboxylic acids is 2. The fourth-order valence-corrected chi connectivity index (χ4v) is 4.94. The Morgan fingerprint density at radius 2 is 1.68 bits per heavy atom. The van der Waals surface area contributed by atoms with Crippen LogP contribution in [0.5, 0.6) is 5.75 Å². The Labute approximate surface area is 235 Å². The predicted molar refractivity (Wildman–Crippen MR) is 148 cm³/mol. The zero-order valence-corrected chi connectivity index (χ0v) is 23.8. The third kappa shape index (κ3) is 11.4. The van der Waals surface area contributed by atoms with Crippen LogP contribution in [0.25, 0.3) is 11.2 Å². The molecule has 0 saturated carbocycles. The van der Waals surface area contributed by atoms with Crippen molar-refractivity contribution in [3.8, 4) is 5.75 Å². The highest BCUT2D eigenvalue weighted by atomic mass is 31.2. The van der Waals surface area contributed by atoms with Crippen LogP contribution >= 0.6 is 7.52 Å². The molecule has 3 atom stereocenters. The maximum Gasteiger partial charge on any atom is 0.342 e. The molecule has 0 saturated heterocycles. The summed E-state index contributed by atoms with van der Waals surface area (Å²) in [6.45, 7) is 7.25. The standard InChI is InChI=1S/C21H29N6O5P.C4H4O4/c1-14(2)31-21(28)16(4)26-33(29,32-17-8-6-5-7-9-17)13-30-15(3)10-27-12-25-18-19(22)23-11-24-20(18)27;5-3(6)1-2-4(7)8/h5-9,11-12,14-16H,10,13H2,1-4H3,(H,26,29)(H2,22,23,24);1-2H,(H,5,6)(H,7,8). The molecular weight excluding hydrogens is 559 g/mol. The number of carbonyl (C=O) groups is 3. The summed E-state index contributed by atoms with van der Waals surface area (Å²) < 4.78 is 32.2. The topological polar surface area (TPSA) is 218 Å². The van der Waals surface area contributed by atoms with Crippen LogP contribution < -0.4 is 15.3 Å². The molecule has 0 radical (unpaired) electrons. The van der Waals surface area contributed by atoms with Gasteiger partial charge in [0.05, 0.1) is 25.1 Å². The molecule has 2 aromatic heterocycles. The number of carboxylic acid groups (broad SMARTS) is 2. The lowest BCUT2D eigenvalue weighted by atomic mass is 10.3. The van der Waals surface area contributed by atoms with Gasteiger partial charge in [0.15, 0.2) is 11.5 Å². The maximum atomic E-state index is 13.6. The molecule has 0 amide bonds. The average Bonchev–Trinajstić information content (AvgIpc) is 3.30. The van der Waals surface area contributed by atoms with Crippen LogP contribution in [0, 0.1) is 0 Å². The number of para-hydroxylation sites is 1. The van der Waals surface area contributed by atoms with Gasteiger partial charge in [-0.1, -0.05) is 18.2 Å². The Kier molecular flexibility index (Phi) is 12.4. The summed E-state index contributed by atoms with van der Waals surface area (Å²) in [6, 6.07) is 7.83. The average molecular weight is 593 g/mol. The number of imidazole rings is 1. The van der Waals surface area contributed by atoms with E-state index < -0.39 is 31.5 Å². The van der Waals surface area contributed by atoms with E-state index in [0.717, 1.165) is 0 Å². The number of aliphatic carboxylic acids is 2. The summed E-state index contributed by atoms with van der Waals surface area (Å²) in [5.41, 5.74) is 6.91. The van der Waals surface area contributed by atoms with Gasteiger partial charge in [0, 0.05) is 12.2 Å². The third-order valence-electron chi connectivity index (χ3n) is 4.87. The molecule has 3 unspecified atom stereocenters. The minimum atomic E-state index is -3.64. The Morgan fingerprint density at radius 1 is 1.05 bits per heavy atom. The molecule has 15 nitrogen and oxygen atoms in total. The first kappa shape index (κ1) is 32.9.